The van der Waals surface area contributed by atoms with Gasteiger partial charge < -0.3 is 14.8 Å². The fraction of sp³-hybridized carbons (Fsp3) is 0.857. The minimum atomic E-state index is -1.39. The van der Waals surface area contributed by atoms with Gasteiger partial charge in [-0.3, -0.25) is 4.79 Å². The Morgan fingerprint density at radius 2 is 2.17 bits per heavy atom. The fourth-order valence-electron chi connectivity index (χ4n) is 1.19. The Kier molecular flexibility index (Phi) is 2.74. The Labute approximate surface area is 71.7 Å². The van der Waals surface area contributed by atoms with Crippen LogP contribution in [0.25, 0.3) is 0 Å². The summed E-state index contributed by atoms with van der Waals surface area (Å²) in [5, 5.41) is 17.2. The maximum atomic E-state index is 11.0. The molecule has 68 valence electrons. The summed E-state index contributed by atoms with van der Waals surface area (Å²) in [5.41, 5.74) is 0. The standard InChI is InChI=1S/C7H13BO4/c1-2-12-6(9)5-7(3-4-7)8(10)11/h10-11H,2-5H2,1H3. The van der Waals surface area contributed by atoms with Gasteiger partial charge in [0.25, 0.3) is 0 Å². The van der Waals surface area contributed by atoms with Gasteiger partial charge in [-0.25, -0.2) is 0 Å². The largest absolute Gasteiger partial charge is 0.466 e. The lowest BCUT2D eigenvalue weighted by Gasteiger charge is -2.11. The Morgan fingerprint density at radius 3 is 2.50 bits per heavy atom. The number of esters is 1. The van der Waals surface area contributed by atoms with Crippen molar-refractivity contribution in [1.82, 2.24) is 0 Å². The van der Waals surface area contributed by atoms with Gasteiger partial charge in [0.2, 0.25) is 0 Å². The number of carbonyl (C=O) groups excluding carboxylic acids is 1. The van der Waals surface area contributed by atoms with Crippen LogP contribution < -0.4 is 0 Å². The Bertz CT molecular complexity index is 176. The first-order valence-corrected chi connectivity index (χ1v) is 4.12. The molecule has 1 rings (SSSR count). The molecule has 1 fully saturated rings. The Morgan fingerprint density at radius 1 is 1.58 bits per heavy atom. The third-order valence-electron chi connectivity index (χ3n) is 2.24. The maximum absolute atomic E-state index is 11.0. The number of hydrogen-bond acceptors (Lipinski definition) is 4. The summed E-state index contributed by atoms with van der Waals surface area (Å²) in [4.78, 5) is 11.0. The van der Waals surface area contributed by atoms with Crippen LogP contribution in [0.2, 0.25) is 5.31 Å². The van der Waals surface area contributed by atoms with Crippen molar-refractivity contribution < 1.29 is 19.6 Å². The van der Waals surface area contributed by atoms with Crippen molar-refractivity contribution in [1.29, 1.82) is 0 Å². The van der Waals surface area contributed by atoms with E-state index in [2.05, 4.69) is 0 Å². The normalized spacial score (nSPS) is 18.6. The summed E-state index contributed by atoms with van der Waals surface area (Å²) < 4.78 is 4.71. The summed E-state index contributed by atoms with van der Waals surface area (Å²) in [5.74, 6) is -0.344. The molecule has 0 radical (unpaired) electrons. The lowest BCUT2D eigenvalue weighted by atomic mass is 9.67. The third-order valence-corrected chi connectivity index (χ3v) is 2.24. The van der Waals surface area contributed by atoms with E-state index in [-0.39, 0.29) is 12.4 Å². The predicted octanol–water partition coefficient (Wildman–Crippen LogP) is -0.0534. The van der Waals surface area contributed by atoms with Gasteiger partial charge in [-0.1, -0.05) is 0 Å². The monoisotopic (exact) mass is 172 g/mol. The second kappa shape index (κ2) is 3.45. The summed E-state index contributed by atoms with van der Waals surface area (Å²) in [6.45, 7) is 2.07. The molecule has 0 aromatic rings. The molecule has 5 heteroatoms. The van der Waals surface area contributed by atoms with E-state index in [1.54, 1.807) is 6.92 Å². The summed E-state index contributed by atoms with van der Waals surface area (Å²) in [7, 11) is -1.39. The second-order valence-corrected chi connectivity index (χ2v) is 3.22. The van der Waals surface area contributed by atoms with Crippen molar-refractivity contribution >= 4 is 13.1 Å². The van der Waals surface area contributed by atoms with Gasteiger partial charge in [0.15, 0.2) is 0 Å². The predicted molar refractivity (Wildman–Crippen MR) is 43.4 cm³/mol. The molecule has 1 saturated carbocycles. The van der Waals surface area contributed by atoms with Gasteiger partial charge in [-0.15, -0.1) is 0 Å². The van der Waals surface area contributed by atoms with Crippen molar-refractivity contribution in [2.75, 3.05) is 6.61 Å². The zero-order valence-corrected chi connectivity index (χ0v) is 7.12. The number of rotatable bonds is 4. The van der Waals surface area contributed by atoms with Crippen molar-refractivity contribution in [3.05, 3.63) is 0 Å². The zero-order chi connectivity index (χ0) is 9.19. The number of ether oxygens (including phenoxy) is 1. The lowest BCUT2D eigenvalue weighted by molar-refractivity contribution is -0.143. The minimum Gasteiger partial charge on any atom is -0.466 e. The zero-order valence-electron chi connectivity index (χ0n) is 7.12. The van der Waals surface area contributed by atoms with Crippen LogP contribution in [0.4, 0.5) is 0 Å². The van der Waals surface area contributed by atoms with E-state index in [0.29, 0.717) is 19.4 Å². The molecule has 0 saturated heterocycles. The lowest BCUT2D eigenvalue weighted by Crippen LogP contribution is -2.24. The molecule has 0 aromatic heterocycles. The maximum Gasteiger partial charge on any atom is 0.458 e. The molecule has 12 heavy (non-hydrogen) atoms. The van der Waals surface area contributed by atoms with E-state index in [0.717, 1.165) is 0 Å². The molecule has 0 amide bonds. The number of hydrogen-bond donors (Lipinski definition) is 2. The van der Waals surface area contributed by atoms with Gasteiger partial charge in [-0.2, -0.15) is 0 Å². The van der Waals surface area contributed by atoms with E-state index >= 15 is 0 Å². The second-order valence-electron chi connectivity index (χ2n) is 3.22. The van der Waals surface area contributed by atoms with Crippen molar-refractivity contribution in [3.8, 4) is 0 Å². The Balaban J connectivity index is 2.35. The van der Waals surface area contributed by atoms with E-state index in [9.17, 15) is 4.79 Å². The highest BCUT2D eigenvalue weighted by molar-refractivity contribution is 6.47. The highest BCUT2D eigenvalue weighted by Crippen LogP contribution is 2.57. The van der Waals surface area contributed by atoms with Crippen LogP contribution in [-0.4, -0.2) is 29.7 Å². The molecular weight excluding hydrogens is 159 g/mol. The average Bonchev–Trinajstić information content (AvgIpc) is 2.69. The van der Waals surface area contributed by atoms with Crippen LogP contribution in [0.15, 0.2) is 0 Å². The molecule has 0 aromatic carbocycles. The molecule has 0 spiro atoms. The number of carbonyl (C=O) groups is 1. The highest BCUT2D eigenvalue weighted by Gasteiger charge is 2.54. The van der Waals surface area contributed by atoms with Crippen LogP contribution in [-0.2, 0) is 9.53 Å². The molecule has 0 bridgehead atoms. The minimum absolute atomic E-state index is 0.124. The summed E-state index contributed by atoms with van der Waals surface area (Å²) >= 11 is 0. The first-order chi connectivity index (χ1) is 5.60. The first-order valence-electron chi connectivity index (χ1n) is 4.12. The van der Waals surface area contributed by atoms with E-state index in [4.69, 9.17) is 14.8 Å². The van der Waals surface area contributed by atoms with Gasteiger partial charge in [0.1, 0.15) is 0 Å². The topological polar surface area (TPSA) is 66.8 Å². The average molecular weight is 172 g/mol. The molecular formula is C7H13BO4. The fourth-order valence-corrected chi connectivity index (χ4v) is 1.19. The molecule has 0 aliphatic heterocycles. The molecule has 0 unspecified atom stereocenters. The first kappa shape index (κ1) is 9.54. The summed E-state index contributed by atoms with van der Waals surface area (Å²) in [6, 6.07) is 0. The van der Waals surface area contributed by atoms with Crippen LogP contribution in [0, 0.1) is 0 Å². The van der Waals surface area contributed by atoms with E-state index in [1.165, 1.54) is 0 Å². The van der Waals surface area contributed by atoms with E-state index in [1.807, 2.05) is 0 Å². The highest BCUT2D eigenvalue weighted by atomic mass is 16.5. The summed E-state index contributed by atoms with van der Waals surface area (Å²) in [6.07, 6.45) is 1.52. The quantitative estimate of drug-likeness (QED) is 0.460. The Hall–Kier alpha value is -0.545. The van der Waals surface area contributed by atoms with Crippen molar-refractivity contribution in [3.63, 3.8) is 0 Å². The van der Waals surface area contributed by atoms with Crippen LogP contribution in [0.1, 0.15) is 26.2 Å². The van der Waals surface area contributed by atoms with Crippen LogP contribution in [0.3, 0.4) is 0 Å². The molecule has 2 N–H and O–H groups in total. The van der Waals surface area contributed by atoms with Crippen LogP contribution >= 0.6 is 0 Å². The molecule has 1 aliphatic carbocycles. The molecule has 4 nitrogen and oxygen atoms in total. The van der Waals surface area contributed by atoms with Crippen molar-refractivity contribution in [2.45, 2.75) is 31.5 Å². The molecule has 0 heterocycles. The molecule has 0 atom stereocenters. The third kappa shape index (κ3) is 1.98. The smallest absolute Gasteiger partial charge is 0.458 e. The van der Waals surface area contributed by atoms with Gasteiger partial charge >= 0.3 is 13.1 Å². The van der Waals surface area contributed by atoms with E-state index < -0.39 is 12.4 Å². The van der Waals surface area contributed by atoms with Gasteiger partial charge in [-0.05, 0) is 19.8 Å². The SMILES string of the molecule is CCOC(=O)CC1(B(O)O)CC1. The van der Waals surface area contributed by atoms with Gasteiger partial charge in [0, 0.05) is 11.7 Å². The van der Waals surface area contributed by atoms with Crippen LogP contribution in [0.5, 0.6) is 0 Å². The molecule has 1 aliphatic rings. The van der Waals surface area contributed by atoms with Crippen molar-refractivity contribution in [2.24, 2.45) is 0 Å². The van der Waals surface area contributed by atoms with Gasteiger partial charge in [0.05, 0.1) is 6.61 Å².